The molecule has 0 bridgehead atoms. The summed E-state index contributed by atoms with van der Waals surface area (Å²) in [5, 5.41) is 3.04. The Morgan fingerprint density at radius 2 is 1.55 bits per heavy atom. The summed E-state index contributed by atoms with van der Waals surface area (Å²) >= 11 is 0. The van der Waals surface area contributed by atoms with Crippen molar-refractivity contribution in [3.8, 4) is 22.6 Å². The smallest absolute Gasteiger partial charge is 0.255 e. The van der Waals surface area contributed by atoms with Crippen molar-refractivity contribution in [1.82, 2.24) is 4.98 Å². The quantitative estimate of drug-likeness (QED) is 0.323. The van der Waals surface area contributed by atoms with Crippen molar-refractivity contribution >= 4 is 22.7 Å². The average Bonchev–Trinajstić information content (AvgIpc) is 3.25. The Hall–Kier alpha value is -4.18. The molecule has 0 spiro atoms. The zero-order valence-corrected chi connectivity index (χ0v) is 18.8. The first-order chi connectivity index (χ1) is 16.0. The molecule has 162 valence electrons. The highest BCUT2D eigenvalue weighted by molar-refractivity contribution is 6.05. The van der Waals surface area contributed by atoms with E-state index in [1.807, 2.05) is 80.6 Å². The third-order valence-electron chi connectivity index (χ3n) is 5.89. The molecule has 0 atom stereocenters. The van der Waals surface area contributed by atoms with Crippen LogP contribution in [0, 0.1) is 20.8 Å². The molecular weight excluding hydrogens is 408 g/mol. The Bertz CT molecular complexity index is 1470. The third-order valence-corrected chi connectivity index (χ3v) is 5.89. The summed E-state index contributed by atoms with van der Waals surface area (Å²) in [6.45, 7) is 6.04. The van der Waals surface area contributed by atoms with Gasteiger partial charge in [0, 0.05) is 16.8 Å². The Morgan fingerprint density at radius 3 is 2.30 bits per heavy atom. The molecule has 4 aromatic carbocycles. The van der Waals surface area contributed by atoms with Crippen LogP contribution in [0.15, 0.2) is 89.3 Å². The Kier molecular flexibility index (Phi) is 5.27. The normalized spacial score (nSPS) is 11.0. The number of benzene rings is 4. The first-order valence-corrected chi connectivity index (χ1v) is 10.9. The van der Waals surface area contributed by atoms with E-state index in [4.69, 9.17) is 9.40 Å². The van der Waals surface area contributed by atoms with Crippen molar-refractivity contribution in [1.29, 1.82) is 0 Å². The second kappa shape index (κ2) is 8.40. The topological polar surface area (TPSA) is 55.1 Å². The number of fused-ring (bicyclic) bond motifs is 1. The molecule has 0 unspecified atom stereocenters. The zero-order chi connectivity index (χ0) is 22.9. The molecule has 1 amide bonds. The number of hydrogen-bond donors (Lipinski definition) is 1. The third kappa shape index (κ3) is 4.03. The van der Waals surface area contributed by atoms with Gasteiger partial charge in [0.1, 0.15) is 5.52 Å². The lowest BCUT2D eigenvalue weighted by atomic mass is 10.0. The van der Waals surface area contributed by atoms with Crippen molar-refractivity contribution in [2.24, 2.45) is 0 Å². The second-order valence-electron chi connectivity index (χ2n) is 8.32. The first kappa shape index (κ1) is 20.7. The maximum atomic E-state index is 12.9. The van der Waals surface area contributed by atoms with Gasteiger partial charge in [0.2, 0.25) is 5.89 Å². The van der Waals surface area contributed by atoms with Crippen molar-refractivity contribution in [2.75, 3.05) is 5.32 Å². The second-order valence-corrected chi connectivity index (χ2v) is 8.32. The van der Waals surface area contributed by atoms with Crippen LogP contribution < -0.4 is 5.32 Å². The maximum absolute atomic E-state index is 12.9. The highest BCUT2D eigenvalue weighted by Crippen LogP contribution is 2.32. The molecule has 4 heteroatoms. The minimum Gasteiger partial charge on any atom is -0.436 e. The number of carbonyl (C=O) groups is 1. The van der Waals surface area contributed by atoms with Gasteiger partial charge >= 0.3 is 0 Å². The van der Waals surface area contributed by atoms with Gasteiger partial charge < -0.3 is 9.73 Å². The van der Waals surface area contributed by atoms with E-state index in [1.54, 1.807) is 0 Å². The van der Waals surface area contributed by atoms with E-state index >= 15 is 0 Å². The van der Waals surface area contributed by atoms with Crippen LogP contribution in [0.2, 0.25) is 0 Å². The standard InChI is InChI=1S/C29H24N2O2/c1-18-16-19(2)27-26(17-18)31-29(33-27)24-10-7-11-25(20(24)3)30-28(32)23-14-12-22(13-15-23)21-8-5-4-6-9-21/h4-17H,1-3H3,(H,30,32). The van der Waals surface area contributed by atoms with Crippen LogP contribution in [-0.4, -0.2) is 10.9 Å². The molecule has 0 aliphatic heterocycles. The van der Waals surface area contributed by atoms with Gasteiger partial charge in [0.15, 0.2) is 5.58 Å². The number of aryl methyl sites for hydroxylation is 2. The van der Waals surface area contributed by atoms with Crippen LogP contribution in [0.1, 0.15) is 27.0 Å². The number of rotatable bonds is 4. The van der Waals surface area contributed by atoms with Gasteiger partial charge in [-0.3, -0.25) is 4.79 Å². The number of carbonyl (C=O) groups excluding carboxylic acids is 1. The fraction of sp³-hybridized carbons (Fsp3) is 0.103. The summed E-state index contributed by atoms with van der Waals surface area (Å²) in [4.78, 5) is 17.6. The summed E-state index contributed by atoms with van der Waals surface area (Å²) in [5.41, 5.74) is 9.16. The van der Waals surface area contributed by atoms with Gasteiger partial charge in [-0.15, -0.1) is 0 Å². The van der Waals surface area contributed by atoms with E-state index in [2.05, 4.69) is 30.4 Å². The van der Waals surface area contributed by atoms with Gasteiger partial charge in [-0.1, -0.05) is 54.6 Å². The average molecular weight is 433 g/mol. The van der Waals surface area contributed by atoms with Crippen molar-refractivity contribution in [3.63, 3.8) is 0 Å². The molecule has 1 aromatic heterocycles. The predicted octanol–water partition coefficient (Wildman–Crippen LogP) is 7.34. The molecule has 5 aromatic rings. The van der Waals surface area contributed by atoms with E-state index in [0.29, 0.717) is 11.5 Å². The fourth-order valence-corrected chi connectivity index (χ4v) is 4.13. The van der Waals surface area contributed by atoms with Gasteiger partial charge in [-0.2, -0.15) is 0 Å². The number of aromatic nitrogens is 1. The predicted molar refractivity (Wildman–Crippen MR) is 133 cm³/mol. The first-order valence-electron chi connectivity index (χ1n) is 10.9. The number of nitrogens with one attached hydrogen (secondary N) is 1. The molecule has 1 N–H and O–H groups in total. The van der Waals surface area contributed by atoms with Gasteiger partial charge in [0.25, 0.3) is 5.91 Å². The van der Waals surface area contributed by atoms with Gasteiger partial charge in [-0.05, 0) is 78.9 Å². The van der Waals surface area contributed by atoms with Crippen LogP contribution in [-0.2, 0) is 0 Å². The highest BCUT2D eigenvalue weighted by Gasteiger charge is 2.16. The SMILES string of the molecule is Cc1cc(C)c2oc(-c3cccc(NC(=O)c4ccc(-c5ccccc5)cc4)c3C)nc2c1. The van der Waals surface area contributed by atoms with Crippen LogP contribution in [0.5, 0.6) is 0 Å². The lowest BCUT2D eigenvalue weighted by Crippen LogP contribution is -2.12. The zero-order valence-electron chi connectivity index (χ0n) is 18.8. The van der Waals surface area contributed by atoms with Crippen LogP contribution in [0.4, 0.5) is 5.69 Å². The van der Waals surface area contributed by atoms with Crippen molar-refractivity contribution in [3.05, 3.63) is 107 Å². The van der Waals surface area contributed by atoms with Crippen LogP contribution in [0.3, 0.4) is 0 Å². The van der Waals surface area contributed by atoms with Crippen molar-refractivity contribution in [2.45, 2.75) is 20.8 Å². The molecule has 33 heavy (non-hydrogen) atoms. The molecule has 5 rings (SSSR count). The Labute approximate surface area is 192 Å². The summed E-state index contributed by atoms with van der Waals surface area (Å²) in [5.74, 6) is 0.401. The van der Waals surface area contributed by atoms with Crippen molar-refractivity contribution < 1.29 is 9.21 Å². The lowest BCUT2D eigenvalue weighted by molar-refractivity contribution is 0.102. The van der Waals surface area contributed by atoms with E-state index in [9.17, 15) is 4.79 Å². The summed E-state index contributed by atoms with van der Waals surface area (Å²) in [6.07, 6.45) is 0. The number of amides is 1. The van der Waals surface area contributed by atoms with E-state index in [-0.39, 0.29) is 5.91 Å². The number of nitrogens with zero attached hydrogens (tertiary/aromatic N) is 1. The van der Waals surface area contributed by atoms with Gasteiger partial charge in [0.05, 0.1) is 0 Å². The van der Waals surface area contributed by atoms with E-state index in [1.165, 1.54) is 0 Å². The van der Waals surface area contributed by atoms with Gasteiger partial charge in [-0.25, -0.2) is 4.98 Å². The molecule has 0 aliphatic carbocycles. The fourth-order valence-electron chi connectivity index (χ4n) is 4.13. The molecule has 0 saturated heterocycles. The molecule has 0 aliphatic rings. The molecule has 1 heterocycles. The monoisotopic (exact) mass is 432 g/mol. The summed E-state index contributed by atoms with van der Waals surface area (Å²) in [6, 6.07) is 27.6. The number of oxazole rings is 1. The number of hydrogen-bond acceptors (Lipinski definition) is 3. The Morgan fingerprint density at radius 1 is 0.818 bits per heavy atom. The van der Waals surface area contributed by atoms with E-state index < -0.39 is 0 Å². The highest BCUT2D eigenvalue weighted by atomic mass is 16.3. The summed E-state index contributed by atoms with van der Waals surface area (Å²) < 4.78 is 6.10. The molecule has 0 fully saturated rings. The van der Waals surface area contributed by atoms with Crippen LogP contribution >= 0.6 is 0 Å². The maximum Gasteiger partial charge on any atom is 0.255 e. The molecule has 0 saturated carbocycles. The minimum absolute atomic E-state index is 0.154. The largest absolute Gasteiger partial charge is 0.436 e. The molecule has 4 nitrogen and oxygen atoms in total. The van der Waals surface area contributed by atoms with Crippen LogP contribution in [0.25, 0.3) is 33.7 Å². The Balaban J connectivity index is 1.41. The number of anilines is 1. The van der Waals surface area contributed by atoms with E-state index in [0.717, 1.165) is 50.2 Å². The molecular formula is C29H24N2O2. The summed E-state index contributed by atoms with van der Waals surface area (Å²) in [7, 11) is 0. The minimum atomic E-state index is -0.154. The molecule has 0 radical (unpaired) electrons. The lowest BCUT2D eigenvalue weighted by Gasteiger charge is -2.11.